The van der Waals surface area contributed by atoms with Crippen molar-refractivity contribution in [3.8, 4) is 0 Å². The van der Waals surface area contributed by atoms with Gasteiger partial charge in [0.05, 0.1) is 12.2 Å². The average molecular weight is 373 g/mol. The van der Waals surface area contributed by atoms with E-state index in [1.807, 2.05) is 31.2 Å². The second-order valence-corrected chi connectivity index (χ2v) is 6.81. The van der Waals surface area contributed by atoms with Crippen LogP contribution in [0, 0.1) is 12.8 Å². The highest BCUT2D eigenvalue weighted by atomic mass is 32.1. The van der Waals surface area contributed by atoms with Crippen molar-refractivity contribution in [1.29, 1.82) is 0 Å². The van der Waals surface area contributed by atoms with Crippen LogP contribution in [-0.2, 0) is 9.59 Å². The molecule has 2 N–H and O–H groups in total. The maximum atomic E-state index is 12.8. The first-order chi connectivity index (χ1) is 12.6. The number of aliphatic imine (C=N–C) groups is 1. The molecule has 2 aliphatic heterocycles. The first-order valence-electron chi connectivity index (χ1n) is 8.75. The van der Waals surface area contributed by atoms with E-state index in [9.17, 15) is 9.59 Å². The summed E-state index contributed by atoms with van der Waals surface area (Å²) in [5, 5.41) is 6.01. The molecule has 1 aromatic rings. The number of benzene rings is 1. The quantitative estimate of drug-likeness (QED) is 0.442. The van der Waals surface area contributed by atoms with E-state index in [4.69, 9.17) is 12.2 Å². The van der Waals surface area contributed by atoms with E-state index in [1.54, 1.807) is 0 Å². The highest BCUT2D eigenvalue weighted by Gasteiger charge is 2.38. The number of piperazine rings is 1. The molecule has 0 aliphatic carbocycles. The third-order valence-corrected chi connectivity index (χ3v) is 4.79. The predicted octanol–water partition coefficient (Wildman–Crippen LogP) is 0.335. The second kappa shape index (κ2) is 8.48. The van der Waals surface area contributed by atoms with Gasteiger partial charge in [-0.25, -0.2) is 0 Å². The van der Waals surface area contributed by atoms with Crippen molar-refractivity contribution in [2.45, 2.75) is 6.92 Å². The zero-order chi connectivity index (χ0) is 18.5. The van der Waals surface area contributed by atoms with Crippen molar-refractivity contribution in [2.24, 2.45) is 10.9 Å². The van der Waals surface area contributed by atoms with Crippen LogP contribution in [0.25, 0.3) is 0 Å². The van der Waals surface area contributed by atoms with Crippen LogP contribution in [0.2, 0.25) is 0 Å². The van der Waals surface area contributed by atoms with Gasteiger partial charge in [-0.2, -0.15) is 0 Å². The van der Waals surface area contributed by atoms with E-state index in [0.717, 1.165) is 38.3 Å². The van der Waals surface area contributed by atoms with E-state index in [0.29, 0.717) is 12.2 Å². The zero-order valence-corrected chi connectivity index (χ0v) is 15.6. The standard InChI is InChI=1S/C18H23N5O2S/c1-13-2-4-14(5-3-13)23-17(25)15(16(24)21-18(23)26)12-20-8-11-22-9-6-19-7-10-22/h2-5,12,15,19H,6-11H2,1H3,(H,21,24,26)/t15-/m0/s1. The summed E-state index contributed by atoms with van der Waals surface area (Å²) in [4.78, 5) is 33.0. The summed E-state index contributed by atoms with van der Waals surface area (Å²) in [7, 11) is 0. The van der Waals surface area contributed by atoms with Crippen molar-refractivity contribution < 1.29 is 9.59 Å². The summed E-state index contributed by atoms with van der Waals surface area (Å²) >= 11 is 5.19. The molecular formula is C18H23N5O2S. The van der Waals surface area contributed by atoms with Gasteiger partial charge in [0.25, 0.3) is 5.91 Å². The van der Waals surface area contributed by atoms with Crippen LogP contribution in [0.1, 0.15) is 5.56 Å². The summed E-state index contributed by atoms with van der Waals surface area (Å²) in [6.07, 6.45) is 1.45. The minimum Gasteiger partial charge on any atom is -0.314 e. The Hall–Kier alpha value is -2.16. The fourth-order valence-corrected chi connectivity index (χ4v) is 3.27. The van der Waals surface area contributed by atoms with E-state index in [1.165, 1.54) is 11.1 Å². The smallest absolute Gasteiger partial charge is 0.251 e. The Bertz CT molecular complexity index is 713. The Balaban J connectivity index is 1.65. The molecule has 0 saturated carbocycles. The maximum Gasteiger partial charge on any atom is 0.251 e. The summed E-state index contributed by atoms with van der Waals surface area (Å²) in [5.74, 6) is -1.74. The lowest BCUT2D eigenvalue weighted by molar-refractivity contribution is -0.130. The maximum absolute atomic E-state index is 12.8. The number of hydrogen-bond donors (Lipinski definition) is 2. The molecule has 0 bridgehead atoms. The Labute approximate surface area is 158 Å². The molecule has 2 fully saturated rings. The molecular weight excluding hydrogens is 350 g/mol. The Morgan fingerprint density at radius 1 is 1.23 bits per heavy atom. The highest BCUT2D eigenvalue weighted by Crippen LogP contribution is 2.20. The number of nitrogens with zero attached hydrogens (tertiary/aromatic N) is 3. The van der Waals surface area contributed by atoms with Gasteiger partial charge >= 0.3 is 0 Å². The predicted molar refractivity (Wildman–Crippen MR) is 106 cm³/mol. The van der Waals surface area contributed by atoms with Gasteiger partial charge < -0.3 is 10.6 Å². The largest absolute Gasteiger partial charge is 0.314 e. The fourth-order valence-electron chi connectivity index (χ4n) is 2.97. The van der Waals surface area contributed by atoms with E-state index < -0.39 is 11.8 Å². The van der Waals surface area contributed by atoms with Gasteiger partial charge in [-0.05, 0) is 31.3 Å². The molecule has 138 valence electrons. The van der Waals surface area contributed by atoms with Crippen LogP contribution in [-0.4, -0.2) is 67.3 Å². The monoisotopic (exact) mass is 373 g/mol. The molecule has 1 atom stereocenters. The lowest BCUT2D eigenvalue weighted by Crippen LogP contribution is -2.58. The lowest BCUT2D eigenvalue weighted by Gasteiger charge is -2.31. The topological polar surface area (TPSA) is 77.0 Å². The fraction of sp³-hybridized carbons (Fsp3) is 0.444. The number of anilines is 1. The number of carbonyl (C=O) groups excluding carboxylic acids is 2. The van der Waals surface area contributed by atoms with Crippen LogP contribution in [0.5, 0.6) is 0 Å². The number of thiocarbonyl (C=S) groups is 1. The van der Waals surface area contributed by atoms with Crippen molar-refractivity contribution in [1.82, 2.24) is 15.5 Å². The van der Waals surface area contributed by atoms with Crippen LogP contribution < -0.4 is 15.5 Å². The number of carbonyl (C=O) groups is 2. The van der Waals surface area contributed by atoms with Gasteiger partial charge in [0.1, 0.15) is 0 Å². The van der Waals surface area contributed by atoms with Crippen molar-refractivity contribution in [2.75, 3.05) is 44.2 Å². The molecule has 7 nitrogen and oxygen atoms in total. The molecule has 0 radical (unpaired) electrons. The van der Waals surface area contributed by atoms with Gasteiger partial charge in [-0.15, -0.1) is 0 Å². The Morgan fingerprint density at radius 3 is 2.62 bits per heavy atom. The van der Waals surface area contributed by atoms with Crippen molar-refractivity contribution in [3.63, 3.8) is 0 Å². The molecule has 8 heteroatoms. The SMILES string of the molecule is Cc1ccc(N2C(=O)[C@@H](C=NCCN3CCNCC3)C(=O)NC2=S)cc1. The first-order valence-corrected chi connectivity index (χ1v) is 9.15. The molecule has 2 amide bonds. The van der Waals surface area contributed by atoms with Crippen LogP contribution in [0.15, 0.2) is 29.3 Å². The molecule has 3 rings (SSSR count). The molecule has 2 saturated heterocycles. The zero-order valence-electron chi connectivity index (χ0n) is 14.8. The van der Waals surface area contributed by atoms with E-state index in [-0.39, 0.29) is 11.0 Å². The van der Waals surface area contributed by atoms with Crippen LogP contribution in [0.4, 0.5) is 5.69 Å². The number of nitrogens with one attached hydrogen (secondary N) is 2. The number of aryl methyl sites for hydroxylation is 1. The number of amides is 2. The third-order valence-electron chi connectivity index (χ3n) is 4.50. The van der Waals surface area contributed by atoms with Crippen LogP contribution in [0.3, 0.4) is 0 Å². The van der Waals surface area contributed by atoms with Gasteiger partial charge in [0.15, 0.2) is 11.0 Å². The minimum absolute atomic E-state index is 0.106. The molecule has 0 spiro atoms. The average Bonchev–Trinajstić information content (AvgIpc) is 2.63. The first kappa shape index (κ1) is 18.6. The summed E-state index contributed by atoms with van der Waals surface area (Å²) < 4.78 is 0. The molecule has 2 aliphatic rings. The van der Waals surface area contributed by atoms with Gasteiger partial charge in [0.2, 0.25) is 5.91 Å². The molecule has 0 unspecified atom stereocenters. The third kappa shape index (κ3) is 4.32. The molecule has 2 heterocycles. The van der Waals surface area contributed by atoms with Crippen LogP contribution >= 0.6 is 12.2 Å². The molecule has 26 heavy (non-hydrogen) atoms. The molecule has 0 aromatic heterocycles. The van der Waals surface area contributed by atoms with Gasteiger partial charge in [-0.3, -0.25) is 24.4 Å². The van der Waals surface area contributed by atoms with Gasteiger partial charge in [0, 0.05) is 38.9 Å². The van der Waals surface area contributed by atoms with Gasteiger partial charge in [-0.1, -0.05) is 17.7 Å². The van der Waals surface area contributed by atoms with Crippen molar-refractivity contribution in [3.05, 3.63) is 29.8 Å². The lowest BCUT2D eigenvalue weighted by atomic mass is 10.1. The van der Waals surface area contributed by atoms with E-state index in [2.05, 4.69) is 20.5 Å². The number of hydrogen-bond acceptors (Lipinski definition) is 6. The summed E-state index contributed by atoms with van der Waals surface area (Å²) in [5.41, 5.74) is 1.73. The summed E-state index contributed by atoms with van der Waals surface area (Å²) in [6.45, 7) is 7.30. The van der Waals surface area contributed by atoms with Crippen molar-refractivity contribution >= 4 is 41.0 Å². The summed E-state index contributed by atoms with van der Waals surface area (Å²) in [6, 6.07) is 7.43. The second-order valence-electron chi connectivity index (χ2n) is 6.43. The Kier molecular flexibility index (Phi) is 6.08. The molecule has 1 aromatic carbocycles. The minimum atomic E-state index is -0.953. The normalized spacial score (nSPS) is 22.1. The van der Waals surface area contributed by atoms with E-state index >= 15 is 0 Å². The highest BCUT2D eigenvalue weighted by molar-refractivity contribution is 7.80. The Morgan fingerprint density at radius 2 is 1.92 bits per heavy atom. The number of rotatable bonds is 5.